The molecule has 45 heavy (non-hydrogen) atoms. The number of nitrogens with one attached hydrogen (secondary N) is 3. The molecular formula is C24H29Cl3N7O10P. The summed E-state index contributed by atoms with van der Waals surface area (Å²) in [6.07, 6.45) is -0.598. The number of ether oxygens (including phenoxy) is 2. The highest BCUT2D eigenvalue weighted by atomic mass is 35.5. The lowest BCUT2D eigenvalue weighted by molar-refractivity contribution is -0.385. The number of anilines is 2. The van der Waals surface area contributed by atoms with Crippen LogP contribution in [0.2, 0.25) is 15.3 Å². The van der Waals surface area contributed by atoms with Gasteiger partial charge in [-0.1, -0.05) is 23.2 Å². The predicted molar refractivity (Wildman–Crippen MR) is 167 cm³/mol. The molecule has 0 bridgehead atoms. The van der Waals surface area contributed by atoms with Crippen LogP contribution in [0, 0.1) is 10.1 Å². The second kappa shape index (κ2) is 19.5. The van der Waals surface area contributed by atoms with Crippen LogP contribution in [0.4, 0.5) is 17.6 Å². The number of nitro benzene ring substituents is 1. The van der Waals surface area contributed by atoms with E-state index in [2.05, 4.69) is 35.6 Å². The second-order valence-electron chi connectivity index (χ2n) is 8.06. The van der Waals surface area contributed by atoms with E-state index in [1.165, 1.54) is 18.2 Å². The number of benzene rings is 2. The van der Waals surface area contributed by atoms with E-state index in [0.29, 0.717) is 22.7 Å². The number of halogens is 3. The van der Waals surface area contributed by atoms with Crippen LogP contribution in [-0.2, 0) is 14.1 Å². The van der Waals surface area contributed by atoms with Crippen molar-refractivity contribution in [2.45, 2.75) is 13.8 Å². The Morgan fingerprint density at radius 1 is 1.00 bits per heavy atom. The van der Waals surface area contributed by atoms with Crippen molar-refractivity contribution >= 4 is 71.9 Å². The zero-order chi connectivity index (χ0) is 34.2. The Labute approximate surface area is 271 Å². The molecule has 0 saturated carbocycles. The summed E-state index contributed by atoms with van der Waals surface area (Å²) in [4.78, 5) is 59.9. The van der Waals surface area contributed by atoms with Gasteiger partial charge in [-0.25, -0.2) is 4.79 Å². The topological polar surface area (TPSA) is 248 Å². The zero-order valence-electron chi connectivity index (χ0n) is 23.9. The smallest absolute Gasteiger partial charge is 0.345 e. The Morgan fingerprint density at radius 3 is 2.07 bits per heavy atom. The third-order valence-electron chi connectivity index (χ3n) is 4.56. The molecule has 0 unspecified atom stereocenters. The van der Waals surface area contributed by atoms with E-state index in [1.54, 1.807) is 12.1 Å². The first-order valence-corrected chi connectivity index (χ1v) is 15.4. The van der Waals surface area contributed by atoms with Crippen LogP contribution in [0.15, 0.2) is 36.4 Å². The number of hydrogen-bond donors (Lipinski definition) is 6. The molecule has 0 amide bonds. The van der Waals surface area contributed by atoms with Crippen LogP contribution in [-0.4, -0.2) is 79.7 Å². The van der Waals surface area contributed by atoms with Crippen LogP contribution in [0.25, 0.3) is 0 Å². The molecule has 6 N–H and O–H groups in total. The maximum Gasteiger partial charge on any atom is 0.345 e. The number of rotatable bonds is 12. The van der Waals surface area contributed by atoms with Crippen molar-refractivity contribution in [2.24, 2.45) is 0 Å². The normalized spacial score (nSPS) is 10.3. The molecule has 3 rings (SSSR count). The lowest BCUT2D eigenvalue weighted by Crippen LogP contribution is -2.23. The summed E-state index contributed by atoms with van der Waals surface area (Å²) in [7, 11) is -2.96. The van der Waals surface area contributed by atoms with Crippen molar-refractivity contribution in [1.29, 1.82) is 0 Å². The quantitative estimate of drug-likeness (QED) is 0.0646. The first kappa shape index (κ1) is 39.2. The fraction of sp³-hybridized carbons (Fsp3) is 0.292. The van der Waals surface area contributed by atoms with Gasteiger partial charge in [0.05, 0.1) is 29.9 Å². The Hall–Kier alpha value is -3.83. The van der Waals surface area contributed by atoms with Gasteiger partial charge in [0.1, 0.15) is 17.1 Å². The summed E-state index contributed by atoms with van der Waals surface area (Å²) in [5.74, 6) is -0.476. The molecular weight excluding hydrogens is 684 g/mol. The Bertz CT molecular complexity index is 1490. The van der Waals surface area contributed by atoms with E-state index in [4.69, 9.17) is 54.4 Å². The first-order valence-electron chi connectivity index (χ1n) is 12.5. The van der Waals surface area contributed by atoms with E-state index < -0.39 is 37.3 Å². The van der Waals surface area contributed by atoms with Crippen molar-refractivity contribution in [2.75, 3.05) is 43.7 Å². The van der Waals surface area contributed by atoms with Crippen molar-refractivity contribution in [3.05, 3.63) is 67.4 Å². The number of esters is 1. The van der Waals surface area contributed by atoms with Gasteiger partial charge in [-0.05, 0) is 49.7 Å². The van der Waals surface area contributed by atoms with Crippen LogP contribution in [0.1, 0.15) is 24.2 Å². The highest BCUT2D eigenvalue weighted by molar-refractivity contribution is 7.51. The Morgan fingerprint density at radius 2 is 1.60 bits per heavy atom. The largest absolute Gasteiger partial charge is 0.480 e. The molecule has 21 heteroatoms. The highest BCUT2D eigenvalue weighted by Gasteiger charge is 2.22. The van der Waals surface area contributed by atoms with E-state index >= 15 is 0 Å². The molecule has 246 valence electrons. The molecule has 17 nitrogen and oxygen atoms in total. The second-order valence-corrected chi connectivity index (χ2v) is 10.9. The van der Waals surface area contributed by atoms with Crippen molar-refractivity contribution in [3.8, 4) is 11.5 Å². The maximum atomic E-state index is 11.6. The number of nitrogens with zero attached hydrogens (tertiary/aromatic N) is 4. The minimum absolute atomic E-state index is 0.196. The standard InChI is InChI=1S/C14H9Cl2NO5.C7H12ClN5.C3H8NO5P/c1-21-14(18)10-7-9(3-4-12(10)17(19)20)22-13-5-2-8(15)6-11(13)16;1-3-9-6-11-5(8)12-7(13-6)10-4-2;5-3(6)1-4-2-10(7,8)9/h2-7H,1H3;3-4H2,1-2H3,(H2,9,10,11,12,13);4H,1-2H2,(H,5,6)(H2,7,8,9). The van der Waals surface area contributed by atoms with Crippen LogP contribution < -0.4 is 20.7 Å². The SMILES string of the molecule is CCNc1nc(Cl)nc(NCC)n1.COC(=O)c1cc(Oc2ccc(Cl)cc2Cl)ccc1[N+](=O)[O-].O=C(O)CNCP(=O)(O)O. The van der Waals surface area contributed by atoms with Crippen molar-refractivity contribution < 1.29 is 43.4 Å². The van der Waals surface area contributed by atoms with Crippen LogP contribution in [0.3, 0.4) is 0 Å². The molecule has 0 aliphatic carbocycles. The highest BCUT2D eigenvalue weighted by Crippen LogP contribution is 2.34. The minimum Gasteiger partial charge on any atom is -0.480 e. The molecule has 0 fully saturated rings. The minimum atomic E-state index is -4.10. The third-order valence-corrected chi connectivity index (χ3v) is 5.90. The first-order chi connectivity index (χ1) is 21.1. The van der Waals surface area contributed by atoms with Gasteiger partial charge in [0.2, 0.25) is 17.2 Å². The Kier molecular flexibility index (Phi) is 17.0. The summed E-state index contributed by atoms with van der Waals surface area (Å²) in [5, 5.41) is 27.8. The van der Waals surface area contributed by atoms with Gasteiger partial charge in [0.25, 0.3) is 5.69 Å². The monoisotopic (exact) mass is 711 g/mol. The van der Waals surface area contributed by atoms with E-state index in [-0.39, 0.29) is 27.3 Å². The molecule has 2 aromatic carbocycles. The number of carboxylic acid groups (broad SMARTS) is 1. The lowest BCUT2D eigenvalue weighted by atomic mass is 10.1. The van der Waals surface area contributed by atoms with E-state index in [9.17, 15) is 24.3 Å². The molecule has 1 aromatic heterocycles. The van der Waals surface area contributed by atoms with Gasteiger partial charge in [-0.2, -0.15) is 15.0 Å². The molecule has 0 aliphatic rings. The molecule has 0 radical (unpaired) electrons. The molecule has 3 aromatic rings. The fourth-order valence-electron chi connectivity index (χ4n) is 2.83. The number of nitro groups is 1. The summed E-state index contributed by atoms with van der Waals surface area (Å²) in [6.45, 7) is 5.00. The van der Waals surface area contributed by atoms with Crippen molar-refractivity contribution in [1.82, 2.24) is 20.3 Å². The summed E-state index contributed by atoms with van der Waals surface area (Å²) in [5.41, 5.74) is -0.587. The lowest BCUT2D eigenvalue weighted by Gasteiger charge is -2.09. The maximum absolute atomic E-state index is 11.6. The molecule has 0 atom stereocenters. The van der Waals surface area contributed by atoms with Gasteiger partial charge in [-0.3, -0.25) is 24.8 Å². The van der Waals surface area contributed by atoms with E-state index in [0.717, 1.165) is 26.3 Å². The van der Waals surface area contributed by atoms with Crippen LogP contribution >= 0.6 is 42.4 Å². The molecule has 0 aliphatic heterocycles. The molecule has 1 heterocycles. The molecule has 0 spiro atoms. The number of hydrogen-bond acceptors (Lipinski definition) is 13. The third kappa shape index (κ3) is 15.6. The zero-order valence-corrected chi connectivity index (χ0v) is 27.0. The Balaban J connectivity index is 0.000000374. The number of carbonyl (C=O) groups is 2. The van der Waals surface area contributed by atoms with Crippen LogP contribution in [0.5, 0.6) is 11.5 Å². The van der Waals surface area contributed by atoms with Gasteiger partial charge in [0.15, 0.2) is 0 Å². The van der Waals surface area contributed by atoms with E-state index in [1.807, 2.05) is 13.8 Å². The summed E-state index contributed by atoms with van der Waals surface area (Å²) < 4.78 is 20.1. The average molecular weight is 713 g/mol. The predicted octanol–water partition coefficient (Wildman–Crippen LogP) is 4.66. The average Bonchev–Trinajstić information content (AvgIpc) is 2.94. The van der Waals surface area contributed by atoms with Gasteiger partial charge < -0.3 is 35.0 Å². The fourth-order valence-corrected chi connectivity index (χ4v) is 3.84. The van der Waals surface area contributed by atoms with Gasteiger partial charge in [0, 0.05) is 30.2 Å². The number of carbonyl (C=O) groups excluding carboxylic acids is 1. The number of carboxylic acids is 1. The number of aliphatic carboxylic acids is 1. The molecule has 0 saturated heterocycles. The van der Waals surface area contributed by atoms with Gasteiger partial charge in [-0.15, -0.1) is 0 Å². The van der Waals surface area contributed by atoms with Crippen molar-refractivity contribution in [3.63, 3.8) is 0 Å². The van der Waals surface area contributed by atoms with Gasteiger partial charge >= 0.3 is 19.5 Å². The summed E-state index contributed by atoms with van der Waals surface area (Å²) >= 11 is 17.4. The number of aromatic nitrogens is 3. The number of methoxy groups -OCH3 is 1. The summed E-state index contributed by atoms with van der Waals surface area (Å²) in [6, 6.07) is 8.35.